The monoisotopic (exact) mass is 396 g/mol. The van der Waals surface area contributed by atoms with Crippen LogP contribution in [0.2, 0.25) is 0 Å². The van der Waals surface area contributed by atoms with Crippen LogP contribution in [0.4, 0.5) is 0 Å². The summed E-state index contributed by atoms with van der Waals surface area (Å²) in [6.45, 7) is 0.352. The maximum atomic E-state index is 12.0. The highest BCUT2D eigenvalue weighted by atomic mass is 32.2. The van der Waals surface area contributed by atoms with Crippen molar-refractivity contribution in [3.05, 3.63) is 65.7 Å². The van der Waals surface area contributed by atoms with Crippen LogP contribution in [0.5, 0.6) is 0 Å². The summed E-state index contributed by atoms with van der Waals surface area (Å²) in [6.07, 6.45) is 2.59. The highest BCUT2D eigenvalue weighted by Gasteiger charge is 2.10. The van der Waals surface area contributed by atoms with E-state index >= 15 is 0 Å². The van der Waals surface area contributed by atoms with Gasteiger partial charge in [0.25, 0.3) is 0 Å². The van der Waals surface area contributed by atoms with Crippen molar-refractivity contribution in [3.8, 4) is 0 Å². The SMILES string of the molecule is NS(=O)(=O)c1ccc(CCCNS(=O)(=O)CCCc2ccccc2)cc1. The predicted octanol–water partition coefficient (Wildman–Crippen LogP) is 1.82. The minimum Gasteiger partial charge on any atom is -0.225 e. The molecule has 3 N–H and O–H groups in total. The standard InChI is InChI=1S/C18H24N2O4S2/c19-26(23,24)18-12-10-17(11-13-18)8-4-14-20-25(21,22)15-5-9-16-6-2-1-3-7-16/h1-3,6-7,10-13,20H,4-5,8-9,14-15H2,(H2,19,23,24). The van der Waals surface area contributed by atoms with E-state index in [1.165, 1.54) is 12.1 Å². The number of nitrogens with two attached hydrogens (primary N) is 1. The Hall–Kier alpha value is -1.74. The number of aryl methyl sites for hydroxylation is 2. The zero-order valence-electron chi connectivity index (χ0n) is 14.5. The van der Waals surface area contributed by atoms with Crippen molar-refractivity contribution in [1.29, 1.82) is 0 Å². The molecule has 0 aromatic heterocycles. The highest BCUT2D eigenvalue weighted by molar-refractivity contribution is 7.89. The second-order valence-corrected chi connectivity index (χ2v) is 9.58. The first-order chi connectivity index (χ1) is 12.3. The van der Waals surface area contributed by atoms with Gasteiger partial charge in [-0.3, -0.25) is 0 Å². The van der Waals surface area contributed by atoms with Crippen LogP contribution in [-0.4, -0.2) is 29.1 Å². The third-order valence-electron chi connectivity index (χ3n) is 3.94. The molecule has 2 rings (SSSR count). The number of hydrogen-bond acceptors (Lipinski definition) is 4. The van der Waals surface area contributed by atoms with Gasteiger partial charge in [-0.15, -0.1) is 0 Å². The largest absolute Gasteiger partial charge is 0.238 e. The van der Waals surface area contributed by atoms with E-state index in [0.717, 1.165) is 17.5 Å². The van der Waals surface area contributed by atoms with Gasteiger partial charge in [0.05, 0.1) is 10.6 Å². The van der Waals surface area contributed by atoms with Gasteiger partial charge in [0.1, 0.15) is 0 Å². The fourth-order valence-electron chi connectivity index (χ4n) is 2.55. The number of nitrogens with one attached hydrogen (secondary N) is 1. The Morgan fingerprint density at radius 2 is 1.35 bits per heavy atom. The van der Waals surface area contributed by atoms with Crippen molar-refractivity contribution in [1.82, 2.24) is 4.72 Å². The quantitative estimate of drug-likeness (QED) is 0.597. The molecule has 0 saturated carbocycles. The minimum absolute atomic E-state index is 0.0698. The Bertz CT molecular complexity index is 894. The number of rotatable bonds is 10. The molecule has 26 heavy (non-hydrogen) atoms. The van der Waals surface area contributed by atoms with Gasteiger partial charge in [0, 0.05) is 6.54 Å². The third kappa shape index (κ3) is 7.25. The summed E-state index contributed by atoms with van der Waals surface area (Å²) in [6, 6.07) is 16.1. The van der Waals surface area contributed by atoms with Crippen molar-refractivity contribution < 1.29 is 16.8 Å². The lowest BCUT2D eigenvalue weighted by Gasteiger charge is -2.07. The lowest BCUT2D eigenvalue weighted by molar-refractivity contribution is 0.576. The summed E-state index contributed by atoms with van der Waals surface area (Å²) in [7, 11) is -6.96. The van der Waals surface area contributed by atoms with Crippen LogP contribution >= 0.6 is 0 Å². The Balaban J connectivity index is 1.69. The van der Waals surface area contributed by atoms with Gasteiger partial charge in [-0.25, -0.2) is 26.7 Å². The Morgan fingerprint density at radius 3 is 1.96 bits per heavy atom. The molecule has 0 unspecified atom stereocenters. The smallest absolute Gasteiger partial charge is 0.225 e. The molecule has 6 nitrogen and oxygen atoms in total. The average molecular weight is 397 g/mol. The molecule has 0 radical (unpaired) electrons. The molecule has 8 heteroatoms. The van der Waals surface area contributed by atoms with Crippen LogP contribution in [0, 0.1) is 0 Å². The summed E-state index contributed by atoms with van der Waals surface area (Å²) in [4.78, 5) is 0.0698. The maximum Gasteiger partial charge on any atom is 0.238 e. The van der Waals surface area contributed by atoms with Gasteiger partial charge in [0.2, 0.25) is 20.0 Å². The molecule has 0 aliphatic heterocycles. The Labute approximate surface area is 155 Å². The molecule has 0 aliphatic carbocycles. The number of benzene rings is 2. The topological polar surface area (TPSA) is 106 Å². The van der Waals surface area contributed by atoms with Crippen LogP contribution in [0.25, 0.3) is 0 Å². The van der Waals surface area contributed by atoms with E-state index in [-0.39, 0.29) is 10.6 Å². The molecule has 0 aliphatic rings. The third-order valence-corrected chi connectivity index (χ3v) is 6.34. The van der Waals surface area contributed by atoms with E-state index in [9.17, 15) is 16.8 Å². The number of primary sulfonamides is 1. The first kappa shape index (κ1) is 20.6. The van der Waals surface area contributed by atoms with E-state index in [2.05, 4.69) is 4.72 Å². The summed E-state index contributed by atoms with van der Waals surface area (Å²) >= 11 is 0. The first-order valence-corrected chi connectivity index (χ1v) is 11.6. The number of hydrogen-bond donors (Lipinski definition) is 2. The average Bonchev–Trinajstić information content (AvgIpc) is 2.59. The van der Waals surface area contributed by atoms with E-state index in [1.54, 1.807) is 12.1 Å². The molecule has 0 bridgehead atoms. The summed E-state index contributed by atoms with van der Waals surface area (Å²) < 4.78 is 49.0. The second kappa shape index (κ2) is 9.27. The molecule has 0 heterocycles. The van der Waals surface area contributed by atoms with Crippen molar-refractivity contribution in [2.45, 2.75) is 30.6 Å². The fraction of sp³-hybridized carbons (Fsp3) is 0.333. The Morgan fingerprint density at radius 1 is 0.769 bits per heavy atom. The van der Waals surface area contributed by atoms with Crippen molar-refractivity contribution >= 4 is 20.0 Å². The van der Waals surface area contributed by atoms with Crippen LogP contribution in [-0.2, 0) is 32.9 Å². The molecule has 0 saturated heterocycles. The van der Waals surface area contributed by atoms with Crippen LogP contribution < -0.4 is 9.86 Å². The van der Waals surface area contributed by atoms with Gasteiger partial charge >= 0.3 is 0 Å². The molecule has 0 amide bonds. The van der Waals surface area contributed by atoms with E-state index in [1.807, 2.05) is 30.3 Å². The van der Waals surface area contributed by atoms with Gasteiger partial charge in [-0.1, -0.05) is 42.5 Å². The highest BCUT2D eigenvalue weighted by Crippen LogP contribution is 2.10. The van der Waals surface area contributed by atoms with Gasteiger partial charge < -0.3 is 0 Å². The first-order valence-electron chi connectivity index (χ1n) is 8.39. The molecule has 2 aromatic carbocycles. The predicted molar refractivity (Wildman–Crippen MR) is 103 cm³/mol. The molecular formula is C18H24N2O4S2. The zero-order chi connectivity index (χ0) is 19.0. The van der Waals surface area contributed by atoms with Gasteiger partial charge in [-0.05, 0) is 48.9 Å². The van der Waals surface area contributed by atoms with Crippen LogP contribution in [0.1, 0.15) is 24.0 Å². The normalized spacial score (nSPS) is 12.2. The summed E-state index contributed by atoms with van der Waals surface area (Å²) in [5.41, 5.74) is 2.06. The lowest BCUT2D eigenvalue weighted by atomic mass is 10.1. The lowest BCUT2D eigenvalue weighted by Crippen LogP contribution is -2.27. The van der Waals surface area contributed by atoms with Crippen molar-refractivity contribution in [2.75, 3.05) is 12.3 Å². The molecule has 0 atom stereocenters. The minimum atomic E-state index is -3.68. The van der Waals surface area contributed by atoms with E-state index in [4.69, 9.17) is 5.14 Å². The van der Waals surface area contributed by atoms with Gasteiger partial charge in [-0.2, -0.15) is 0 Å². The molecular weight excluding hydrogens is 372 g/mol. The van der Waals surface area contributed by atoms with Crippen molar-refractivity contribution in [3.63, 3.8) is 0 Å². The summed E-state index contributed by atoms with van der Waals surface area (Å²) in [5.74, 6) is 0.102. The fourth-order valence-corrected chi connectivity index (χ4v) is 4.19. The van der Waals surface area contributed by atoms with Gasteiger partial charge in [0.15, 0.2) is 0 Å². The Kier molecular flexibility index (Phi) is 7.33. The summed E-state index contributed by atoms with van der Waals surface area (Å²) in [5, 5.41) is 5.05. The van der Waals surface area contributed by atoms with Crippen LogP contribution in [0.15, 0.2) is 59.5 Å². The van der Waals surface area contributed by atoms with Crippen LogP contribution in [0.3, 0.4) is 0 Å². The number of sulfonamides is 2. The molecule has 142 valence electrons. The van der Waals surface area contributed by atoms with Crippen molar-refractivity contribution in [2.24, 2.45) is 5.14 Å². The zero-order valence-corrected chi connectivity index (χ0v) is 16.1. The van der Waals surface area contributed by atoms with E-state index in [0.29, 0.717) is 25.8 Å². The second-order valence-electron chi connectivity index (χ2n) is 6.09. The molecule has 2 aromatic rings. The maximum absolute atomic E-state index is 12.0. The molecule has 0 fully saturated rings. The van der Waals surface area contributed by atoms with E-state index < -0.39 is 20.0 Å². The molecule has 0 spiro atoms.